The van der Waals surface area contributed by atoms with Crippen LogP contribution in [0.15, 0.2) is 47.5 Å². The minimum Gasteiger partial charge on any atom is -0.353 e. The van der Waals surface area contributed by atoms with E-state index in [-0.39, 0.29) is 17.5 Å². The van der Waals surface area contributed by atoms with Crippen LogP contribution in [0.25, 0.3) is 10.8 Å². The van der Waals surface area contributed by atoms with E-state index in [2.05, 4.69) is 39.9 Å². The molecule has 122 valence electrons. The summed E-state index contributed by atoms with van der Waals surface area (Å²) in [4.78, 5) is 4.19. The van der Waals surface area contributed by atoms with Gasteiger partial charge in [0.15, 0.2) is 15.8 Å². The van der Waals surface area contributed by atoms with Crippen molar-refractivity contribution in [2.75, 3.05) is 18.6 Å². The Hall–Kier alpha value is -2.08. The SMILES string of the molecule is CN=C(NCc1cccc2ccccc12)NC1CCS(=O)(=O)C1. The molecule has 1 aliphatic rings. The highest BCUT2D eigenvalue weighted by atomic mass is 32.2. The number of rotatable bonds is 3. The first-order chi connectivity index (χ1) is 11.1. The van der Waals surface area contributed by atoms with Crippen LogP contribution in [-0.2, 0) is 16.4 Å². The summed E-state index contributed by atoms with van der Waals surface area (Å²) in [5.41, 5.74) is 1.19. The van der Waals surface area contributed by atoms with Crippen molar-refractivity contribution in [2.24, 2.45) is 4.99 Å². The molecular weight excluding hydrogens is 310 g/mol. The Morgan fingerprint density at radius 2 is 2.00 bits per heavy atom. The second-order valence-corrected chi connectivity index (χ2v) is 8.04. The predicted octanol–water partition coefficient (Wildman–Crippen LogP) is 1.69. The van der Waals surface area contributed by atoms with Crippen LogP contribution in [0.4, 0.5) is 0 Å². The largest absolute Gasteiger partial charge is 0.353 e. The average molecular weight is 331 g/mol. The number of hydrogen-bond acceptors (Lipinski definition) is 3. The van der Waals surface area contributed by atoms with Crippen molar-refractivity contribution in [3.05, 3.63) is 48.0 Å². The van der Waals surface area contributed by atoms with Crippen molar-refractivity contribution in [3.8, 4) is 0 Å². The zero-order valence-corrected chi connectivity index (χ0v) is 13.9. The molecule has 0 aliphatic carbocycles. The molecule has 5 nitrogen and oxygen atoms in total. The van der Waals surface area contributed by atoms with Crippen molar-refractivity contribution >= 4 is 26.6 Å². The van der Waals surface area contributed by atoms with E-state index in [0.29, 0.717) is 18.9 Å². The van der Waals surface area contributed by atoms with E-state index in [0.717, 1.165) is 0 Å². The molecule has 0 amide bonds. The van der Waals surface area contributed by atoms with Crippen LogP contribution < -0.4 is 10.6 Å². The maximum Gasteiger partial charge on any atom is 0.191 e. The average Bonchev–Trinajstić information content (AvgIpc) is 2.90. The van der Waals surface area contributed by atoms with Gasteiger partial charge in [0, 0.05) is 19.6 Å². The summed E-state index contributed by atoms with van der Waals surface area (Å²) < 4.78 is 23.1. The van der Waals surface area contributed by atoms with Gasteiger partial charge in [0.05, 0.1) is 11.5 Å². The highest BCUT2D eigenvalue weighted by Crippen LogP contribution is 2.18. The first kappa shape index (κ1) is 15.8. The van der Waals surface area contributed by atoms with Crippen molar-refractivity contribution < 1.29 is 8.42 Å². The first-order valence-corrected chi connectivity index (χ1v) is 9.54. The summed E-state index contributed by atoms with van der Waals surface area (Å²) in [6, 6.07) is 14.4. The highest BCUT2D eigenvalue weighted by Gasteiger charge is 2.28. The van der Waals surface area contributed by atoms with Gasteiger partial charge in [-0.05, 0) is 22.8 Å². The number of nitrogens with one attached hydrogen (secondary N) is 2. The molecular formula is C17H21N3O2S. The van der Waals surface area contributed by atoms with Crippen LogP contribution in [0.1, 0.15) is 12.0 Å². The standard InChI is InChI=1S/C17H21N3O2S/c1-18-17(20-15-9-10-23(21,22)12-15)19-11-14-7-4-6-13-5-2-3-8-16(13)14/h2-8,15H,9-12H2,1H3,(H2,18,19,20). The quantitative estimate of drug-likeness (QED) is 0.663. The summed E-state index contributed by atoms with van der Waals surface area (Å²) >= 11 is 0. The van der Waals surface area contributed by atoms with Crippen molar-refractivity contribution in [2.45, 2.75) is 19.0 Å². The molecule has 0 radical (unpaired) electrons. The number of nitrogens with zero attached hydrogens (tertiary/aromatic N) is 1. The van der Waals surface area contributed by atoms with Crippen molar-refractivity contribution in [1.82, 2.24) is 10.6 Å². The van der Waals surface area contributed by atoms with E-state index in [1.807, 2.05) is 18.2 Å². The molecule has 1 fully saturated rings. The zero-order valence-electron chi connectivity index (χ0n) is 13.1. The van der Waals surface area contributed by atoms with Gasteiger partial charge < -0.3 is 10.6 Å². The van der Waals surface area contributed by atoms with Gasteiger partial charge in [-0.3, -0.25) is 4.99 Å². The molecule has 0 saturated carbocycles. The lowest BCUT2D eigenvalue weighted by atomic mass is 10.0. The predicted molar refractivity (Wildman–Crippen MR) is 94.3 cm³/mol. The van der Waals surface area contributed by atoms with Crippen LogP contribution in [-0.4, -0.2) is 39.0 Å². The van der Waals surface area contributed by atoms with Crippen molar-refractivity contribution in [1.29, 1.82) is 0 Å². The third-order valence-corrected chi connectivity index (χ3v) is 5.89. The van der Waals surface area contributed by atoms with Gasteiger partial charge >= 0.3 is 0 Å². The number of hydrogen-bond donors (Lipinski definition) is 2. The van der Waals surface area contributed by atoms with Crippen molar-refractivity contribution in [3.63, 3.8) is 0 Å². The van der Waals surface area contributed by atoms with E-state index in [9.17, 15) is 8.42 Å². The van der Waals surface area contributed by atoms with Gasteiger partial charge in [0.25, 0.3) is 0 Å². The molecule has 1 saturated heterocycles. The van der Waals surface area contributed by atoms with Gasteiger partial charge in [-0.25, -0.2) is 8.42 Å². The Kier molecular flexibility index (Phi) is 4.52. The van der Waals surface area contributed by atoms with Gasteiger partial charge in [-0.2, -0.15) is 0 Å². The van der Waals surface area contributed by atoms with Crippen LogP contribution in [0.5, 0.6) is 0 Å². The van der Waals surface area contributed by atoms with E-state index < -0.39 is 9.84 Å². The number of sulfone groups is 1. The summed E-state index contributed by atoms with van der Waals surface area (Å²) in [6.45, 7) is 0.639. The molecule has 3 rings (SSSR count). The Morgan fingerprint density at radius 1 is 1.22 bits per heavy atom. The van der Waals surface area contributed by atoms with E-state index >= 15 is 0 Å². The van der Waals surface area contributed by atoms with E-state index in [1.54, 1.807) is 7.05 Å². The molecule has 2 aromatic carbocycles. The third-order valence-electron chi connectivity index (χ3n) is 4.12. The first-order valence-electron chi connectivity index (χ1n) is 7.72. The second kappa shape index (κ2) is 6.58. The Labute approximate surface area is 136 Å². The van der Waals surface area contributed by atoms with Crippen LogP contribution in [0.2, 0.25) is 0 Å². The second-order valence-electron chi connectivity index (χ2n) is 5.81. The van der Waals surface area contributed by atoms with Gasteiger partial charge in [0.1, 0.15) is 0 Å². The van der Waals surface area contributed by atoms with Gasteiger partial charge in [0.2, 0.25) is 0 Å². The summed E-state index contributed by atoms with van der Waals surface area (Å²) in [7, 11) is -1.19. The fourth-order valence-corrected chi connectivity index (χ4v) is 4.60. The Morgan fingerprint density at radius 3 is 2.74 bits per heavy atom. The highest BCUT2D eigenvalue weighted by molar-refractivity contribution is 7.91. The molecule has 1 atom stereocenters. The zero-order chi connectivity index (χ0) is 16.3. The van der Waals surface area contributed by atoms with Crippen LogP contribution in [0, 0.1) is 0 Å². The normalized spacial score (nSPS) is 20.6. The molecule has 0 bridgehead atoms. The Balaban J connectivity index is 1.66. The number of aliphatic imine (C=N–C) groups is 1. The lowest BCUT2D eigenvalue weighted by Crippen LogP contribution is -2.43. The fraction of sp³-hybridized carbons (Fsp3) is 0.353. The summed E-state index contributed by atoms with van der Waals surface area (Å²) in [5, 5.41) is 8.89. The molecule has 2 N–H and O–H groups in total. The molecule has 0 spiro atoms. The maximum atomic E-state index is 11.5. The minimum atomic E-state index is -2.89. The summed E-state index contributed by atoms with van der Waals surface area (Å²) in [6.07, 6.45) is 0.636. The monoisotopic (exact) mass is 331 g/mol. The lowest BCUT2D eigenvalue weighted by molar-refractivity contribution is 0.599. The number of guanidine groups is 1. The van der Waals surface area contributed by atoms with E-state index in [1.165, 1.54) is 16.3 Å². The Bertz CT molecular complexity index is 825. The molecule has 1 aliphatic heterocycles. The van der Waals surface area contributed by atoms with Gasteiger partial charge in [-0.1, -0.05) is 42.5 Å². The third kappa shape index (κ3) is 3.82. The lowest BCUT2D eigenvalue weighted by Gasteiger charge is -2.16. The topological polar surface area (TPSA) is 70.6 Å². The van der Waals surface area contributed by atoms with E-state index in [4.69, 9.17) is 0 Å². The molecule has 1 heterocycles. The smallest absolute Gasteiger partial charge is 0.191 e. The molecule has 0 aromatic heterocycles. The maximum absolute atomic E-state index is 11.5. The molecule has 2 aromatic rings. The molecule has 6 heteroatoms. The van der Waals surface area contributed by atoms with Crippen LogP contribution in [0.3, 0.4) is 0 Å². The minimum absolute atomic E-state index is 0.0567. The molecule has 1 unspecified atom stereocenters. The molecule has 23 heavy (non-hydrogen) atoms. The van der Waals surface area contributed by atoms with Gasteiger partial charge in [-0.15, -0.1) is 0 Å². The number of benzene rings is 2. The van der Waals surface area contributed by atoms with Crippen LogP contribution >= 0.6 is 0 Å². The fourth-order valence-electron chi connectivity index (χ4n) is 2.92. The number of fused-ring (bicyclic) bond motifs is 1. The summed E-state index contributed by atoms with van der Waals surface area (Å²) in [5.74, 6) is 1.08.